The third-order valence-electron chi connectivity index (χ3n) is 5.42. The fourth-order valence-corrected chi connectivity index (χ4v) is 4.15. The van der Waals surface area contributed by atoms with Gasteiger partial charge in [-0.1, -0.05) is 6.07 Å². The maximum atomic E-state index is 12.5. The van der Waals surface area contributed by atoms with Crippen LogP contribution in [-0.4, -0.2) is 41.2 Å². The Morgan fingerprint density at radius 1 is 0.722 bits per heavy atom. The van der Waals surface area contributed by atoms with Crippen molar-refractivity contribution in [2.45, 2.75) is 53.5 Å². The molecule has 0 spiro atoms. The molecule has 1 aliphatic heterocycles. The van der Waals surface area contributed by atoms with Crippen molar-refractivity contribution in [3.63, 3.8) is 0 Å². The highest BCUT2D eigenvalue weighted by atomic mass is 16.6. The molecule has 0 aromatic heterocycles. The number of rotatable bonds is 6. The lowest BCUT2D eigenvalue weighted by atomic mass is 9.88. The van der Waals surface area contributed by atoms with E-state index in [2.05, 4.69) is 0 Å². The topological polar surface area (TPSA) is 126 Å². The van der Waals surface area contributed by atoms with E-state index in [9.17, 15) is 24.0 Å². The molecule has 0 bridgehead atoms. The van der Waals surface area contributed by atoms with Crippen molar-refractivity contribution in [2.75, 3.05) is 6.54 Å². The quantitative estimate of drug-likeness (QED) is 0.437. The molecule has 0 saturated heterocycles. The molecule has 190 valence electrons. The minimum Gasteiger partial charge on any atom is -0.423 e. The fourth-order valence-electron chi connectivity index (χ4n) is 4.15. The van der Waals surface area contributed by atoms with Gasteiger partial charge in [-0.2, -0.15) is 0 Å². The summed E-state index contributed by atoms with van der Waals surface area (Å²) in [5.41, 5.74) is 2.26. The number of nitrogens with zero attached hydrogens (tertiary/aromatic N) is 1. The second kappa shape index (κ2) is 11.0. The van der Waals surface area contributed by atoms with Gasteiger partial charge in [0.2, 0.25) is 5.91 Å². The molecule has 1 heterocycles. The molecule has 0 saturated carbocycles. The zero-order valence-electron chi connectivity index (χ0n) is 20.7. The van der Waals surface area contributed by atoms with Gasteiger partial charge in [-0.15, -0.1) is 0 Å². The van der Waals surface area contributed by atoms with Crippen LogP contribution in [0.4, 0.5) is 0 Å². The van der Waals surface area contributed by atoms with E-state index in [0.717, 1.165) is 11.1 Å². The Morgan fingerprint density at radius 3 is 1.75 bits per heavy atom. The van der Waals surface area contributed by atoms with Gasteiger partial charge in [0, 0.05) is 41.2 Å². The molecule has 0 N–H and O–H groups in total. The summed E-state index contributed by atoms with van der Waals surface area (Å²) in [5.74, 6) is -2.10. The number of ether oxygens (including phenoxy) is 4. The van der Waals surface area contributed by atoms with Crippen molar-refractivity contribution in [2.24, 2.45) is 0 Å². The Labute approximate surface area is 208 Å². The second-order valence-corrected chi connectivity index (χ2v) is 8.34. The summed E-state index contributed by atoms with van der Waals surface area (Å²) in [4.78, 5) is 60.5. The van der Waals surface area contributed by atoms with E-state index in [1.54, 1.807) is 29.2 Å². The molecule has 0 radical (unpaired) electrons. The summed E-state index contributed by atoms with van der Waals surface area (Å²) in [6, 6.07) is 7.59. The van der Waals surface area contributed by atoms with Crippen LogP contribution in [0.5, 0.6) is 23.0 Å². The van der Waals surface area contributed by atoms with E-state index in [-0.39, 0.29) is 28.9 Å². The number of amides is 1. The molecule has 10 heteroatoms. The van der Waals surface area contributed by atoms with Crippen LogP contribution in [0.2, 0.25) is 0 Å². The van der Waals surface area contributed by atoms with E-state index in [1.165, 1.54) is 40.7 Å². The highest BCUT2D eigenvalue weighted by molar-refractivity contribution is 5.77. The number of benzene rings is 2. The lowest BCUT2D eigenvalue weighted by Gasteiger charge is -2.37. The predicted octanol–water partition coefficient (Wildman–Crippen LogP) is 3.08. The van der Waals surface area contributed by atoms with Crippen molar-refractivity contribution in [1.82, 2.24) is 4.90 Å². The summed E-state index contributed by atoms with van der Waals surface area (Å²) in [6.07, 6.45) is 0.817. The SMILES string of the molecule is CC(=O)Oc1ccc(CC2c3cc(OC(C)=O)c(OC(C)=O)cc3CCN2C(C)=O)cc1OC(C)=O. The molecular formula is C26H27NO9. The Hall–Kier alpha value is -4.21. The maximum Gasteiger partial charge on any atom is 0.308 e. The van der Waals surface area contributed by atoms with E-state index in [1.807, 2.05) is 0 Å². The lowest BCUT2D eigenvalue weighted by Crippen LogP contribution is -2.39. The zero-order chi connectivity index (χ0) is 26.6. The molecule has 0 aliphatic carbocycles. The van der Waals surface area contributed by atoms with Gasteiger partial charge in [0.15, 0.2) is 23.0 Å². The largest absolute Gasteiger partial charge is 0.423 e. The number of hydrogen-bond acceptors (Lipinski definition) is 9. The molecule has 1 amide bonds. The van der Waals surface area contributed by atoms with Crippen molar-refractivity contribution in [3.8, 4) is 23.0 Å². The molecule has 1 atom stereocenters. The van der Waals surface area contributed by atoms with Gasteiger partial charge in [-0.25, -0.2) is 0 Å². The van der Waals surface area contributed by atoms with E-state index in [0.29, 0.717) is 24.9 Å². The van der Waals surface area contributed by atoms with Crippen LogP contribution in [-0.2, 0) is 36.8 Å². The van der Waals surface area contributed by atoms with Gasteiger partial charge >= 0.3 is 23.9 Å². The van der Waals surface area contributed by atoms with Gasteiger partial charge in [0.25, 0.3) is 0 Å². The van der Waals surface area contributed by atoms with Crippen LogP contribution in [0.15, 0.2) is 30.3 Å². The van der Waals surface area contributed by atoms with Gasteiger partial charge in [0.05, 0.1) is 6.04 Å². The summed E-state index contributed by atoms with van der Waals surface area (Å²) < 4.78 is 20.9. The average molecular weight is 498 g/mol. The highest BCUT2D eigenvalue weighted by Gasteiger charge is 2.32. The second-order valence-electron chi connectivity index (χ2n) is 8.34. The van der Waals surface area contributed by atoms with Gasteiger partial charge < -0.3 is 23.8 Å². The van der Waals surface area contributed by atoms with Crippen molar-refractivity contribution in [1.29, 1.82) is 0 Å². The normalized spacial score (nSPS) is 14.4. The number of esters is 4. The van der Waals surface area contributed by atoms with Crippen LogP contribution >= 0.6 is 0 Å². The van der Waals surface area contributed by atoms with Crippen molar-refractivity contribution >= 4 is 29.8 Å². The number of hydrogen-bond donors (Lipinski definition) is 0. The Balaban J connectivity index is 2.07. The molecule has 0 fully saturated rings. The van der Waals surface area contributed by atoms with Crippen molar-refractivity contribution < 1.29 is 42.9 Å². The number of carbonyl (C=O) groups excluding carboxylic acids is 5. The summed E-state index contributed by atoms with van der Waals surface area (Å²) in [6.45, 7) is 6.83. The first-order valence-electron chi connectivity index (χ1n) is 11.2. The lowest BCUT2D eigenvalue weighted by molar-refractivity contribution is -0.134. The van der Waals surface area contributed by atoms with Crippen molar-refractivity contribution in [3.05, 3.63) is 47.0 Å². The molecule has 3 rings (SSSR count). The third-order valence-corrected chi connectivity index (χ3v) is 5.42. The van der Waals surface area contributed by atoms with Crippen LogP contribution in [0.1, 0.15) is 57.4 Å². The van der Waals surface area contributed by atoms with Crippen LogP contribution < -0.4 is 18.9 Å². The molecule has 1 aliphatic rings. The van der Waals surface area contributed by atoms with Gasteiger partial charge in [-0.3, -0.25) is 24.0 Å². The summed E-state index contributed by atoms with van der Waals surface area (Å²) >= 11 is 0. The molecule has 10 nitrogen and oxygen atoms in total. The Morgan fingerprint density at radius 2 is 1.22 bits per heavy atom. The molecule has 1 unspecified atom stereocenters. The first kappa shape index (κ1) is 26.4. The summed E-state index contributed by atoms with van der Waals surface area (Å²) in [7, 11) is 0. The first-order chi connectivity index (χ1) is 16.9. The molecule has 2 aromatic carbocycles. The molecule has 2 aromatic rings. The van der Waals surface area contributed by atoms with Gasteiger partial charge in [0.1, 0.15) is 0 Å². The average Bonchev–Trinajstić information content (AvgIpc) is 2.74. The monoisotopic (exact) mass is 497 g/mol. The maximum absolute atomic E-state index is 12.5. The summed E-state index contributed by atoms with van der Waals surface area (Å²) in [5, 5.41) is 0. The predicted molar refractivity (Wildman–Crippen MR) is 126 cm³/mol. The minimum absolute atomic E-state index is 0.0673. The van der Waals surface area contributed by atoms with Crippen LogP contribution in [0.25, 0.3) is 0 Å². The molecule has 36 heavy (non-hydrogen) atoms. The van der Waals surface area contributed by atoms with Gasteiger partial charge in [-0.05, 0) is 53.8 Å². The zero-order valence-corrected chi connectivity index (χ0v) is 20.7. The van der Waals surface area contributed by atoms with E-state index >= 15 is 0 Å². The Kier molecular flexibility index (Phi) is 8.08. The first-order valence-corrected chi connectivity index (χ1v) is 11.2. The highest BCUT2D eigenvalue weighted by Crippen LogP contribution is 2.41. The standard InChI is InChI=1S/C26H27NO9/c1-14(28)27-9-8-20-12-25(35-17(4)31)26(36-18(5)32)13-21(20)22(27)10-19-6-7-23(33-15(2)29)24(11-19)34-16(3)30/h6-7,11-13,22H,8-10H2,1-5H3. The van der Waals surface area contributed by atoms with E-state index in [4.69, 9.17) is 18.9 Å². The van der Waals surface area contributed by atoms with Crippen LogP contribution in [0, 0.1) is 0 Å². The molecular weight excluding hydrogens is 470 g/mol. The Bertz CT molecular complexity index is 1230. The minimum atomic E-state index is -0.591. The van der Waals surface area contributed by atoms with Crippen LogP contribution in [0.3, 0.4) is 0 Å². The number of carbonyl (C=O) groups is 5. The third kappa shape index (κ3) is 6.47. The smallest absolute Gasteiger partial charge is 0.308 e. The fraction of sp³-hybridized carbons (Fsp3) is 0.346. The van der Waals surface area contributed by atoms with E-state index < -0.39 is 29.9 Å². The number of fused-ring (bicyclic) bond motifs is 1.